The molecule has 1 aromatic carbocycles. The van der Waals surface area contributed by atoms with E-state index < -0.39 is 11.9 Å². The van der Waals surface area contributed by atoms with E-state index in [1.165, 1.54) is 6.07 Å². The van der Waals surface area contributed by atoms with Gasteiger partial charge >= 0.3 is 5.97 Å². The van der Waals surface area contributed by atoms with Crippen LogP contribution >= 0.6 is 0 Å². The molecule has 1 saturated heterocycles. The van der Waals surface area contributed by atoms with E-state index in [0.717, 1.165) is 41.8 Å². The third-order valence-electron chi connectivity index (χ3n) is 6.20. The maximum absolute atomic E-state index is 13.6. The summed E-state index contributed by atoms with van der Waals surface area (Å²) < 4.78 is 26.6. The fourth-order valence-corrected chi connectivity index (χ4v) is 4.47. The van der Waals surface area contributed by atoms with Crippen LogP contribution in [-0.4, -0.2) is 43.9 Å². The lowest BCUT2D eigenvalue weighted by atomic mass is 9.99. The number of pyridine rings is 1. The summed E-state index contributed by atoms with van der Waals surface area (Å²) in [7, 11) is 0. The van der Waals surface area contributed by atoms with Crippen LogP contribution in [0.3, 0.4) is 0 Å². The molecule has 1 aliphatic rings. The highest BCUT2D eigenvalue weighted by molar-refractivity contribution is 6.03. The third kappa shape index (κ3) is 4.11. The molecule has 4 aromatic rings. The van der Waals surface area contributed by atoms with Crippen LogP contribution in [0.4, 0.5) is 15.9 Å². The van der Waals surface area contributed by atoms with E-state index in [4.69, 9.17) is 20.9 Å². The molecule has 0 bridgehead atoms. The van der Waals surface area contributed by atoms with Gasteiger partial charge in [0.25, 0.3) is 0 Å². The third-order valence-corrected chi connectivity index (χ3v) is 6.20. The van der Waals surface area contributed by atoms with Gasteiger partial charge < -0.3 is 20.9 Å². The summed E-state index contributed by atoms with van der Waals surface area (Å²) in [5.41, 5.74) is 15.4. The summed E-state index contributed by atoms with van der Waals surface area (Å²) in [6, 6.07) is 6.48. The molecular weight excluding hydrogens is 465 g/mol. The Labute approximate surface area is 206 Å². The number of nitrogen functional groups attached to an aromatic ring is 2. The van der Waals surface area contributed by atoms with Crippen LogP contribution in [0.5, 0.6) is 0 Å². The molecule has 0 aliphatic carbocycles. The van der Waals surface area contributed by atoms with E-state index in [-0.39, 0.29) is 41.4 Å². The van der Waals surface area contributed by atoms with Crippen molar-refractivity contribution >= 4 is 28.4 Å². The Balaban J connectivity index is 1.75. The maximum Gasteiger partial charge on any atom is 0.359 e. The van der Waals surface area contributed by atoms with Gasteiger partial charge in [0.2, 0.25) is 5.95 Å². The van der Waals surface area contributed by atoms with Gasteiger partial charge in [0.1, 0.15) is 5.82 Å². The molecule has 3 aromatic heterocycles. The summed E-state index contributed by atoms with van der Waals surface area (Å²) in [5, 5.41) is 5.40. The standard InChI is InChI=1S/C25H26FN7O3/c1-3-35-25(34)22-20(27)21(31-24(32-22)14-8-10-17(26)30-23(14)28)19-13(2)7-9-16-15(19)12-29-33(16)18-6-4-5-11-36-18/h7-10,12,18H,3-6,11,27H2,1-2H3,(H2,28,30). The molecule has 1 unspecified atom stereocenters. The summed E-state index contributed by atoms with van der Waals surface area (Å²) in [5.74, 6) is -1.48. The molecule has 10 nitrogen and oxygen atoms in total. The Hall–Kier alpha value is -4.12. The van der Waals surface area contributed by atoms with Crippen LogP contribution in [0, 0.1) is 12.9 Å². The quantitative estimate of drug-likeness (QED) is 0.312. The van der Waals surface area contributed by atoms with Gasteiger partial charge in [-0.05, 0) is 56.9 Å². The predicted octanol–water partition coefficient (Wildman–Crippen LogP) is 4.04. The molecule has 1 fully saturated rings. The van der Waals surface area contributed by atoms with Gasteiger partial charge in [-0.2, -0.15) is 9.49 Å². The molecule has 5 rings (SSSR count). The first-order valence-corrected chi connectivity index (χ1v) is 11.7. The van der Waals surface area contributed by atoms with Gasteiger partial charge in [-0.1, -0.05) is 6.07 Å². The van der Waals surface area contributed by atoms with E-state index in [9.17, 15) is 9.18 Å². The highest BCUT2D eigenvalue weighted by Crippen LogP contribution is 2.38. The smallest absolute Gasteiger partial charge is 0.359 e. The monoisotopic (exact) mass is 491 g/mol. The topological polar surface area (TPSA) is 144 Å². The maximum atomic E-state index is 13.6. The Morgan fingerprint density at radius 2 is 2.03 bits per heavy atom. The number of halogens is 1. The van der Waals surface area contributed by atoms with Gasteiger partial charge in [0, 0.05) is 17.6 Å². The van der Waals surface area contributed by atoms with E-state index in [2.05, 4.69) is 20.1 Å². The van der Waals surface area contributed by atoms with Gasteiger partial charge in [-0.25, -0.2) is 24.4 Å². The van der Waals surface area contributed by atoms with Crippen LogP contribution in [0.1, 0.15) is 48.5 Å². The summed E-state index contributed by atoms with van der Waals surface area (Å²) >= 11 is 0. The average Bonchev–Trinajstić information content (AvgIpc) is 3.29. The number of rotatable bonds is 5. The minimum absolute atomic E-state index is 0.0584. The number of fused-ring (bicyclic) bond motifs is 1. The summed E-state index contributed by atoms with van der Waals surface area (Å²) in [4.78, 5) is 25.5. The van der Waals surface area contributed by atoms with Crippen molar-refractivity contribution < 1.29 is 18.7 Å². The van der Waals surface area contributed by atoms with Crippen molar-refractivity contribution in [3.8, 4) is 22.6 Å². The van der Waals surface area contributed by atoms with Crippen LogP contribution in [0.25, 0.3) is 33.5 Å². The molecule has 36 heavy (non-hydrogen) atoms. The van der Waals surface area contributed by atoms with E-state index >= 15 is 0 Å². The minimum atomic E-state index is -0.740. The molecular formula is C25H26FN7O3. The van der Waals surface area contributed by atoms with Gasteiger partial charge in [0.15, 0.2) is 17.7 Å². The molecule has 11 heteroatoms. The Bertz CT molecular complexity index is 1460. The van der Waals surface area contributed by atoms with Crippen molar-refractivity contribution in [3.63, 3.8) is 0 Å². The number of carbonyl (C=O) groups excluding carboxylic acids is 1. The van der Waals surface area contributed by atoms with Gasteiger partial charge in [-0.15, -0.1) is 0 Å². The molecule has 0 radical (unpaired) electrons. The van der Waals surface area contributed by atoms with Crippen LogP contribution in [-0.2, 0) is 9.47 Å². The first-order chi connectivity index (χ1) is 17.4. The molecule has 1 atom stereocenters. The lowest BCUT2D eigenvalue weighted by Crippen LogP contribution is -2.19. The fraction of sp³-hybridized carbons (Fsp3) is 0.320. The molecule has 4 N–H and O–H groups in total. The zero-order valence-electron chi connectivity index (χ0n) is 20.0. The molecule has 0 spiro atoms. The van der Waals surface area contributed by atoms with E-state index in [0.29, 0.717) is 17.9 Å². The predicted molar refractivity (Wildman–Crippen MR) is 132 cm³/mol. The second-order valence-corrected chi connectivity index (χ2v) is 8.55. The Kier molecular flexibility index (Phi) is 6.23. The van der Waals surface area contributed by atoms with Crippen LogP contribution in [0.15, 0.2) is 30.5 Å². The zero-order chi connectivity index (χ0) is 25.4. The number of ether oxygens (including phenoxy) is 2. The highest BCUT2D eigenvalue weighted by atomic mass is 19.1. The van der Waals surface area contributed by atoms with Gasteiger partial charge in [-0.3, -0.25) is 0 Å². The lowest BCUT2D eigenvalue weighted by Gasteiger charge is -2.23. The number of hydrogen-bond donors (Lipinski definition) is 2. The fourth-order valence-electron chi connectivity index (χ4n) is 4.47. The average molecular weight is 492 g/mol. The number of esters is 1. The number of anilines is 2. The number of carbonyl (C=O) groups is 1. The van der Waals surface area contributed by atoms with E-state index in [1.807, 2.05) is 23.7 Å². The molecule has 0 amide bonds. The SMILES string of the molecule is CCOC(=O)c1nc(-c2ccc(F)nc2N)nc(-c2c(C)ccc3c2cnn3C2CCCCO2)c1N. The lowest BCUT2D eigenvalue weighted by molar-refractivity contribution is -0.0366. The molecule has 4 heterocycles. The minimum Gasteiger partial charge on any atom is -0.461 e. The second-order valence-electron chi connectivity index (χ2n) is 8.55. The highest BCUT2D eigenvalue weighted by Gasteiger charge is 2.26. The first kappa shape index (κ1) is 23.6. The van der Waals surface area contributed by atoms with Gasteiger partial charge in [0.05, 0.1) is 35.3 Å². The number of nitrogens with two attached hydrogens (primary N) is 2. The van der Waals surface area contributed by atoms with Crippen molar-refractivity contribution in [1.82, 2.24) is 24.7 Å². The van der Waals surface area contributed by atoms with Crippen molar-refractivity contribution in [2.45, 2.75) is 39.3 Å². The first-order valence-electron chi connectivity index (χ1n) is 11.7. The largest absolute Gasteiger partial charge is 0.461 e. The molecule has 186 valence electrons. The molecule has 1 aliphatic heterocycles. The normalized spacial score (nSPS) is 15.8. The van der Waals surface area contributed by atoms with E-state index in [1.54, 1.807) is 13.1 Å². The Morgan fingerprint density at radius 3 is 2.75 bits per heavy atom. The van der Waals surface area contributed by atoms with Crippen molar-refractivity contribution in [1.29, 1.82) is 0 Å². The summed E-state index contributed by atoms with van der Waals surface area (Å²) in [6.45, 7) is 4.42. The van der Waals surface area contributed by atoms with Crippen molar-refractivity contribution in [3.05, 3.63) is 47.7 Å². The van der Waals surface area contributed by atoms with Crippen LogP contribution in [0.2, 0.25) is 0 Å². The Morgan fingerprint density at radius 1 is 1.19 bits per heavy atom. The number of benzene rings is 1. The zero-order valence-corrected chi connectivity index (χ0v) is 20.0. The van der Waals surface area contributed by atoms with Crippen molar-refractivity contribution in [2.24, 2.45) is 0 Å². The summed E-state index contributed by atoms with van der Waals surface area (Å²) in [6.07, 6.45) is 4.53. The number of aryl methyl sites for hydroxylation is 1. The number of nitrogens with zero attached hydrogens (tertiary/aromatic N) is 5. The van der Waals surface area contributed by atoms with Crippen molar-refractivity contribution in [2.75, 3.05) is 24.7 Å². The number of hydrogen-bond acceptors (Lipinski definition) is 9. The second kappa shape index (κ2) is 9.50. The number of aromatic nitrogens is 5. The molecule has 0 saturated carbocycles. The van der Waals surface area contributed by atoms with Crippen LogP contribution < -0.4 is 11.5 Å².